The van der Waals surface area contributed by atoms with E-state index in [4.69, 9.17) is 23.2 Å². The first-order valence-electron chi connectivity index (χ1n) is 14.8. The molecule has 1 spiro atoms. The Labute approximate surface area is 266 Å². The van der Waals surface area contributed by atoms with Crippen molar-refractivity contribution >= 4 is 52.4 Å². The Morgan fingerprint density at radius 1 is 0.909 bits per heavy atom. The molecule has 7 rings (SSSR count). The molecule has 3 heterocycles. The van der Waals surface area contributed by atoms with E-state index in [1.807, 2.05) is 90.0 Å². The molecule has 0 aromatic heterocycles. The number of rotatable bonds is 6. The van der Waals surface area contributed by atoms with Gasteiger partial charge in [0, 0.05) is 28.0 Å². The molecule has 0 bridgehead atoms. The number of amides is 1. The van der Waals surface area contributed by atoms with Crippen LogP contribution in [0.25, 0.3) is 6.08 Å². The van der Waals surface area contributed by atoms with Crippen molar-refractivity contribution in [3.63, 3.8) is 0 Å². The van der Waals surface area contributed by atoms with Gasteiger partial charge in [-0.2, -0.15) is 0 Å². The summed E-state index contributed by atoms with van der Waals surface area (Å²) >= 11 is 12.8. The van der Waals surface area contributed by atoms with Crippen LogP contribution < -0.4 is 5.32 Å². The molecule has 3 aliphatic heterocycles. The van der Waals surface area contributed by atoms with Gasteiger partial charge in [0.2, 0.25) is 5.91 Å². The maximum absolute atomic E-state index is 15.0. The molecule has 0 unspecified atom stereocenters. The number of Topliss-reactive ketones (excluding diaryl/α,β-unsaturated/α-hetero) is 2. The van der Waals surface area contributed by atoms with Gasteiger partial charge in [0.25, 0.3) is 0 Å². The molecule has 1 fully saturated rings. The summed E-state index contributed by atoms with van der Waals surface area (Å²) in [5, 5.41) is 3.68. The quantitative estimate of drug-likeness (QED) is 0.221. The lowest BCUT2D eigenvalue weighted by Crippen LogP contribution is -2.49. The Kier molecular flexibility index (Phi) is 6.99. The first-order valence-corrected chi connectivity index (χ1v) is 15.6. The molecule has 1 saturated heterocycles. The van der Waals surface area contributed by atoms with Crippen LogP contribution in [-0.2, 0) is 16.6 Å². The SMILES string of the molecule is CC(C)Cc1ccc(C(=O)[C@@H]2[C@@H](C(=O)c3ccc(Cl)cc3Cl)N3C=Cc4ccccc4[C@@H]3[C@]23C(=O)Nc2ccccc23)cc1. The molecule has 220 valence electrons. The predicted molar refractivity (Wildman–Crippen MR) is 174 cm³/mol. The van der Waals surface area contributed by atoms with E-state index in [1.54, 1.807) is 12.1 Å². The molecule has 0 saturated carbocycles. The summed E-state index contributed by atoms with van der Waals surface area (Å²) in [7, 11) is 0. The zero-order chi connectivity index (χ0) is 30.7. The lowest BCUT2D eigenvalue weighted by molar-refractivity contribution is -0.122. The fourth-order valence-corrected chi connectivity index (χ4v) is 7.97. The number of hydrogen-bond acceptors (Lipinski definition) is 4. The van der Waals surface area contributed by atoms with E-state index in [1.165, 1.54) is 6.07 Å². The van der Waals surface area contributed by atoms with Gasteiger partial charge in [-0.1, -0.05) is 104 Å². The Hall–Kier alpha value is -4.19. The summed E-state index contributed by atoms with van der Waals surface area (Å²) in [6.45, 7) is 4.30. The van der Waals surface area contributed by atoms with Gasteiger partial charge < -0.3 is 10.2 Å². The van der Waals surface area contributed by atoms with Crippen LogP contribution in [0, 0.1) is 11.8 Å². The molecule has 0 aliphatic carbocycles. The average Bonchev–Trinajstić information content (AvgIpc) is 3.49. The van der Waals surface area contributed by atoms with E-state index in [0.29, 0.717) is 27.8 Å². The van der Waals surface area contributed by atoms with E-state index < -0.39 is 23.4 Å². The normalized spacial score (nSPS) is 23.0. The van der Waals surface area contributed by atoms with Crippen molar-refractivity contribution in [2.45, 2.75) is 37.8 Å². The van der Waals surface area contributed by atoms with Crippen molar-refractivity contribution in [2.75, 3.05) is 5.32 Å². The van der Waals surface area contributed by atoms with E-state index >= 15 is 4.79 Å². The number of hydrogen-bond donors (Lipinski definition) is 1. The number of carbonyl (C=O) groups is 3. The van der Waals surface area contributed by atoms with E-state index in [9.17, 15) is 9.59 Å². The van der Waals surface area contributed by atoms with Gasteiger partial charge in [-0.25, -0.2) is 0 Å². The Balaban J connectivity index is 1.49. The second-order valence-corrected chi connectivity index (χ2v) is 13.1. The van der Waals surface area contributed by atoms with Crippen LogP contribution in [0.2, 0.25) is 10.0 Å². The highest BCUT2D eigenvalue weighted by molar-refractivity contribution is 6.37. The lowest BCUT2D eigenvalue weighted by atomic mass is 9.62. The van der Waals surface area contributed by atoms with Crippen LogP contribution in [0.1, 0.15) is 62.9 Å². The minimum absolute atomic E-state index is 0.196. The highest BCUT2D eigenvalue weighted by atomic mass is 35.5. The first-order chi connectivity index (χ1) is 21.2. The van der Waals surface area contributed by atoms with Crippen LogP contribution in [0.15, 0.2) is 97.2 Å². The highest BCUT2D eigenvalue weighted by Gasteiger charge is 2.70. The summed E-state index contributed by atoms with van der Waals surface area (Å²) < 4.78 is 0. The van der Waals surface area contributed by atoms with Crippen LogP contribution in [0.4, 0.5) is 5.69 Å². The minimum Gasteiger partial charge on any atom is -0.358 e. The van der Waals surface area contributed by atoms with Gasteiger partial charge >= 0.3 is 0 Å². The van der Waals surface area contributed by atoms with E-state index in [0.717, 1.165) is 23.1 Å². The molecule has 4 aromatic carbocycles. The average molecular weight is 622 g/mol. The molecule has 1 N–H and O–H groups in total. The number of benzene rings is 4. The molecule has 44 heavy (non-hydrogen) atoms. The maximum Gasteiger partial charge on any atom is 0.238 e. The van der Waals surface area contributed by atoms with Gasteiger partial charge in [-0.15, -0.1) is 0 Å². The van der Waals surface area contributed by atoms with Crippen LogP contribution in [0.5, 0.6) is 0 Å². The minimum atomic E-state index is -1.40. The number of fused-ring (bicyclic) bond motifs is 6. The molecule has 4 atom stereocenters. The van der Waals surface area contributed by atoms with Crippen molar-refractivity contribution in [3.8, 4) is 0 Å². The number of halogens is 2. The summed E-state index contributed by atoms with van der Waals surface area (Å²) in [5.41, 5.74) is 3.60. The Morgan fingerprint density at radius 3 is 2.39 bits per heavy atom. The molecular weight excluding hydrogens is 591 g/mol. The smallest absolute Gasteiger partial charge is 0.238 e. The second kappa shape index (κ2) is 10.8. The van der Waals surface area contributed by atoms with E-state index in [2.05, 4.69) is 19.2 Å². The van der Waals surface area contributed by atoms with Crippen molar-refractivity contribution in [1.82, 2.24) is 4.90 Å². The maximum atomic E-state index is 15.0. The molecule has 3 aliphatic rings. The summed E-state index contributed by atoms with van der Waals surface area (Å²) in [6, 6.07) is 26.0. The molecule has 5 nitrogen and oxygen atoms in total. The third-order valence-corrected chi connectivity index (χ3v) is 9.75. The molecule has 1 amide bonds. The van der Waals surface area contributed by atoms with Crippen molar-refractivity contribution in [2.24, 2.45) is 11.8 Å². The Morgan fingerprint density at radius 2 is 1.64 bits per heavy atom. The van der Waals surface area contributed by atoms with Crippen LogP contribution in [-0.4, -0.2) is 28.4 Å². The first kappa shape index (κ1) is 28.6. The standard InChI is InChI=1S/C37H30Cl2N2O3/c1-21(2)19-22-11-13-24(14-12-22)33(42)31-32(34(43)27-16-15-25(38)20-29(27)39)41-18-17-23-7-3-4-8-26(23)35(41)37(31)28-9-5-6-10-30(28)40-36(37)44/h3-18,20-21,31-32,35H,19H2,1-2H3,(H,40,44)/t31-,32-,35+,37+/m0/s1. The van der Waals surface area contributed by atoms with Gasteiger partial charge in [0.15, 0.2) is 11.6 Å². The van der Waals surface area contributed by atoms with Gasteiger partial charge in [0.05, 0.1) is 17.0 Å². The number of anilines is 1. The Bertz CT molecular complexity index is 1870. The molecule has 0 radical (unpaired) electrons. The molecule has 4 aromatic rings. The van der Waals surface area contributed by atoms with Crippen LogP contribution in [0.3, 0.4) is 0 Å². The van der Waals surface area contributed by atoms with Crippen molar-refractivity contribution in [3.05, 3.63) is 141 Å². The summed E-state index contributed by atoms with van der Waals surface area (Å²) in [5.74, 6) is -1.52. The van der Waals surface area contributed by atoms with Crippen molar-refractivity contribution in [1.29, 1.82) is 0 Å². The third-order valence-electron chi connectivity index (χ3n) is 9.20. The number of nitrogens with zero attached hydrogens (tertiary/aromatic N) is 1. The summed E-state index contributed by atoms with van der Waals surface area (Å²) in [6.07, 6.45) is 4.68. The monoisotopic (exact) mass is 620 g/mol. The highest BCUT2D eigenvalue weighted by Crippen LogP contribution is 2.62. The zero-order valence-corrected chi connectivity index (χ0v) is 25.8. The summed E-state index contributed by atoms with van der Waals surface area (Å²) in [4.78, 5) is 46.2. The van der Waals surface area contributed by atoms with Gasteiger partial charge in [-0.05, 0) is 64.9 Å². The second-order valence-electron chi connectivity index (χ2n) is 12.2. The van der Waals surface area contributed by atoms with E-state index in [-0.39, 0.29) is 28.1 Å². The number of para-hydroxylation sites is 1. The van der Waals surface area contributed by atoms with Gasteiger partial charge in [0.1, 0.15) is 11.5 Å². The number of carbonyl (C=O) groups excluding carboxylic acids is 3. The zero-order valence-electron chi connectivity index (χ0n) is 24.3. The topological polar surface area (TPSA) is 66.5 Å². The largest absolute Gasteiger partial charge is 0.358 e. The molecular formula is C37H30Cl2N2O3. The number of nitrogens with one attached hydrogen (secondary N) is 1. The predicted octanol–water partition coefficient (Wildman–Crippen LogP) is 8.17. The lowest BCUT2D eigenvalue weighted by Gasteiger charge is -2.38. The van der Waals surface area contributed by atoms with Gasteiger partial charge in [-0.3, -0.25) is 14.4 Å². The molecule has 7 heteroatoms. The van der Waals surface area contributed by atoms with Crippen molar-refractivity contribution < 1.29 is 14.4 Å². The van der Waals surface area contributed by atoms with Crippen LogP contribution >= 0.6 is 23.2 Å². The number of ketones is 2. The fraction of sp³-hybridized carbons (Fsp3) is 0.216. The fourth-order valence-electron chi connectivity index (χ4n) is 7.47. The third kappa shape index (κ3) is 4.25.